The number of alkyl carbamates (subject to hydrolysis) is 1. The van der Waals surface area contributed by atoms with Gasteiger partial charge >= 0.3 is 12.2 Å². The maximum Gasteiger partial charge on any atom is 0.410 e. The Morgan fingerprint density at radius 3 is 2.51 bits per heavy atom. The topological polar surface area (TPSA) is 223 Å². The molecule has 1 aromatic carbocycles. The zero-order valence-corrected chi connectivity index (χ0v) is 32.7. The fourth-order valence-corrected chi connectivity index (χ4v) is 9.51. The van der Waals surface area contributed by atoms with Gasteiger partial charge in [-0.3, -0.25) is 19.3 Å². The normalized spacial score (nSPS) is 28.5. The van der Waals surface area contributed by atoms with E-state index in [2.05, 4.69) is 37.4 Å². The highest BCUT2D eigenvalue weighted by Gasteiger charge is 2.61. The van der Waals surface area contributed by atoms with E-state index in [9.17, 15) is 32.4 Å². The molecule has 19 heteroatoms. The molecule has 3 aliphatic heterocycles. The van der Waals surface area contributed by atoms with Gasteiger partial charge in [-0.05, 0) is 57.1 Å². The van der Waals surface area contributed by atoms with Gasteiger partial charge in [0.05, 0.1) is 18.8 Å². The highest BCUT2D eigenvalue weighted by atomic mass is 32.2. The number of fused-ring (bicyclic) bond motifs is 3. The first-order valence-corrected chi connectivity index (χ1v) is 21.4. The number of ether oxygens (including phenoxy) is 2. The number of hydrogen-bond donors (Lipinski definition) is 4. The van der Waals surface area contributed by atoms with E-state index in [1.54, 1.807) is 24.5 Å². The van der Waals surface area contributed by atoms with Crippen LogP contribution in [0.4, 0.5) is 15.3 Å². The SMILES string of the molecule is C=C[C@@H]1C[C@@]12NC(=O)[C@@H]1C[C@@H](OC(=O)N3CCn4cnnc4C3)CN1C(=O)[C@@H](NC(=O)OC1CCCC1)CCCCCCCNc1ccccc1S(=O)(=O)NC2=O. The van der Waals surface area contributed by atoms with Crippen LogP contribution < -0.4 is 20.7 Å². The summed E-state index contributed by atoms with van der Waals surface area (Å²) in [5.41, 5.74) is -1.34. The molecule has 18 nitrogen and oxygen atoms in total. The molecule has 0 radical (unpaired) electrons. The Labute approximate surface area is 331 Å². The number of sulfonamides is 1. The zero-order chi connectivity index (χ0) is 40.2. The number of hydrogen-bond acceptors (Lipinski definition) is 12. The fourth-order valence-electron chi connectivity index (χ4n) is 8.28. The summed E-state index contributed by atoms with van der Waals surface area (Å²) in [4.78, 5) is 72.1. The zero-order valence-electron chi connectivity index (χ0n) is 31.9. The van der Waals surface area contributed by atoms with Crippen LogP contribution in [-0.2, 0) is 47.0 Å². The molecule has 7 rings (SSSR count). The number of nitrogens with zero attached hydrogens (tertiary/aromatic N) is 5. The molecule has 308 valence electrons. The molecule has 5 atom stereocenters. The molecule has 4 N–H and O–H groups in total. The summed E-state index contributed by atoms with van der Waals surface area (Å²) in [5, 5.41) is 16.7. The van der Waals surface area contributed by atoms with Crippen LogP contribution in [-0.4, -0.2) is 112 Å². The Bertz CT molecular complexity index is 1970. The Morgan fingerprint density at radius 1 is 0.965 bits per heavy atom. The minimum atomic E-state index is -4.40. The summed E-state index contributed by atoms with van der Waals surface area (Å²) in [7, 11) is -4.40. The summed E-state index contributed by atoms with van der Waals surface area (Å²) < 4.78 is 43.0. The van der Waals surface area contributed by atoms with Gasteiger partial charge in [-0.25, -0.2) is 22.7 Å². The van der Waals surface area contributed by atoms with Crippen LogP contribution in [0, 0.1) is 5.92 Å². The van der Waals surface area contributed by atoms with Crippen LogP contribution in [0.25, 0.3) is 0 Å². The summed E-state index contributed by atoms with van der Waals surface area (Å²) in [6.07, 6.45) is 7.83. The van der Waals surface area contributed by atoms with E-state index in [1.165, 1.54) is 21.9 Å². The Morgan fingerprint density at radius 2 is 1.72 bits per heavy atom. The van der Waals surface area contributed by atoms with Crippen molar-refractivity contribution in [3.05, 3.63) is 49.1 Å². The van der Waals surface area contributed by atoms with E-state index in [0.717, 1.165) is 51.4 Å². The van der Waals surface area contributed by atoms with Gasteiger partial charge in [0.2, 0.25) is 11.8 Å². The summed E-state index contributed by atoms with van der Waals surface area (Å²) >= 11 is 0. The van der Waals surface area contributed by atoms with Gasteiger partial charge < -0.3 is 34.9 Å². The van der Waals surface area contributed by atoms with E-state index >= 15 is 0 Å². The minimum Gasteiger partial charge on any atom is -0.446 e. The number of carbonyl (C=O) groups excluding carboxylic acids is 5. The number of para-hydroxylation sites is 1. The first-order chi connectivity index (χ1) is 27.5. The number of anilines is 1. The van der Waals surface area contributed by atoms with Crippen molar-refractivity contribution in [1.82, 2.24) is 39.9 Å². The Balaban J connectivity index is 1.15. The summed E-state index contributed by atoms with van der Waals surface area (Å²) in [6, 6.07) is 4.00. The van der Waals surface area contributed by atoms with E-state index in [4.69, 9.17) is 9.47 Å². The summed E-state index contributed by atoms with van der Waals surface area (Å²) in [6.45, 7) is 5.08. The molecular weight excluding hydrogens is 759 g/mol. The van der Waals surface area contributed by atoms with Gasteiger partial charge in [0.1, 0.15) is 41.1 Å². The molecule has 2 aromatic rings. The van der Waals surface area contributed by atoms with E-state index in [1.807, 2.05) is 4.57 Å². The third kappa shape index (κ3) is 9.02. The third-order valence-corrected chi connectivity index (χ3v) is 13.0. The molecule has 1 aromatic heterocycles. The molecule has 2 aliphatic carbocycles. The molecule has 57 heavy (non-hydrogen) atoms. The van der Waals surface area contributed by atoms with Gasteiger partial charge in [-0.1, -0.05) is 43.9 Å². The second-order valence-corrected chi connectivity index (χ2v) is 17.2. The first kappa shape index (κ1) is 40.0. The van der Waals surface area contributed by atoms with Crippen LogP contribution in [0.15, 0.2) is 48.1 Å². The molecule has 3 fully saturated rings. The molecule has 0 bridgehead atoms. The van der Waals surface area contributed by atoms with Crippen LogP contribution in [0.3, 0.4) is 0 Å². The average Bonchev–Trinajstić information content (AvgIpc) is 3.61. The number of carbonyl (C=O) groups is 5. The van der Waals surface area contributed by atoms with Crippen LogP contribution in [0.5, 0.6) is 0 Å². The molecule has 2 saturated carbocycles. The van der Waals surface area contributed by atoms with Crippen molar-refractivity contribution in [1.29, 1.82) is 0 Å². The number of rotatable bonds is 4. The Hall–Kier alpha value is -5.20. The van der Waals surface area contributed by atoms with Crippen molar-refractivity contribution in [2.75, 3.05) is 25.0 Å². The largest absolute Gasteiger partial charge is 0.446 e. The van der Waals surface area contributed by atoms with Crippen LogP contribution in [0.1, 0.15) is 82.9 Å². The monoisotopic (exact) mass is 809 g/mol. The van der Waals surface area contributed by atoms with E-state index < -0.39 is 69.6 Å². The van der Waals surface area contributed by atoms with Crippen molar-refractivity contribution in [2.45, 2.75) is 125 Å². The van der Waals surface area contributed by atoms with Gasteiger partial charge in [0, 0.05) is 32.0 Å². The number of amides is 5. The fraction of sp³-hybridized carbons (Fsp3) is 0.605. The lowest BCUT2D eigenvalue weighted by Crippen LogP contribution is -2.58. The van der Waals surface area contributed by atoms with Crippen molar-refractivity contribution >= 4 is 45.6 Å². The van der Waals surface area contributed by atoms with Gasteiger partial charge in [0.25, 0.3) is 15.9 Å². The number of benzene rings is 1. The van der Waals surface area contributed by atoms with Gasteiger partial charge in [0.15, 0.2) is 5.82 Å². The van der Waals surface area contributed by atoms with E-state index in [-0.39, 0.29) is 43.4 Å². The lowest BCUT2D eigenvalue weighted by atomic mass is 10.0. The maximum absolute atomic E-state index is 14.6. The van der Waals surface area contributed by atoms with Crippen molar-refractivity contribution in [2.24, 2.45) is 5.92 Å². The molecule has 5 amide bonds. The van der Waals surface area contributed by atoms with Crippen LogP contribution >= 0.6 is 0 Å². The maximum atomic E-state index is 14.6. The lowest BCUT2D eigenvalue weighted by Gasteiger charge is -2.30. The molecule has 5 aliphatic rings. The van der Waals surface area contributed by atoms with Crippen molar-refractivity contribution < 1.29 is 41.9 Å². The average molecular weight is 810 g/mol. The standard InChI is InChI=1S/C38H51N9O9S/c1-2-25-21-38(25)35(50)44-57(53,54)31-16-10-9-14-28(31)39-17-11-5-3-4-6-15-29(41-36(51)55-26-12-7-8-13-26)34(49)47-22-27(20-30(47)33(48)42-38)56-37(52)45-18-19-46-24-40-43-32(46)23-45/h2,9-10,14,16,24-27,29-30,39H,1,3-8,11-13,15,17-23H2,(H,41,51)(H,42,48)(H,44,50)/t25-,27-,29+,30+,38-/m1/s1. The minimum absolute atomic E-state index is 0.0688. The molecular formula is C38H51N9O9S. The predicted molar refractivity (Wildman–Crippen MR) is 204 cm³/mol. The number of aromatic nitrogens is 3. The van der Waals surface area contributed by atoms with Gasteiger partial charge in [-0.2, -0.15) is 0 Å². The van der Waals surface area contributed by atoms with Gasteiger partial charge in [-0.15, -0.1) is 16.8 Å². The first-order valence-electron chi connectivity index (χ1n) is 19.9. The van der Waals surface area contributed by atoms with Crippen molar-refractivity contribution in [3.63, 3.8) is 0 Å². The smallest absolute Gasteiger partial charge is 0.410 e. The third-order valence-electron chi connectivity index (χ3n) is 11.6. The lowest BCUT2D eigenvalue weighted by molar-refractivity contribution is -0.141. The second-order valence-electron chi connectivity index (χ2n) is 15.5. The highest BCUT2D eigenvalue weighted by molar-refractivity contribution is 7.90. The molecule has 1 spiro atoms. The highest BCUT2D eigenvalue weighted by Crippen LogP contribution is 2.45. The van der Waals surface area contributed by atoms with E-state index in [0.29, 0.717) is 37.6 Å². The molecule has 1 saturated heterocycles. The van der Waals surface area contributed by atoms with Crippen LogP contribution in [0.2, 0.25) is 0 Å². The Kier molecular flexibility index (Phi) is 12.0. The number of nitrogens with one attached hydrogen (secondary N) is 4. The second kappa shape index (κ2) is 17.1. The molecule has 0 unspecified atom stereocenters. The van der Waals surface area contributed by atoms with Crippen molar-refractivity contribution in [3.8, 4) is 0 Å². The quantitative estimate of drug-likeness (QED) is 0.328. The molecule has 4 heterocycles. The predicted octanol–water partition coefficient (Wildman–Crippen LogP) is 2.57. The summed E-state index contributed by atoms with van der Waals surface area (Å²) in [5.74, 6) is -2.27.